The summed E-state index contributed by atoms with van der Waals surface area (Å²) in [5, 5.41) is 16.8. The molecule has 0 aliphatic heterocycles. The summed E-state index contributed by atoms with van der Waals surface area (Å²) in [5.74, 6) is 0.567. The molecular weight excluding hydrogens is 316 g/mol. The Morgan fingerprint density at radius 1 is 1.26 bits per heavy atom. The molecule has 8 heteroatoms. The molecule has 0 unspecified atom stereocenters. The minimum atomic E-state index is -0.468. The zero-order valence-electron chi connectivity index (χ0n) is 13.4. The van der Waals surface area contributed by atoms with E-state index >= 15 is 0 Å². The maximum Gasteiger partial charge on any atom is 0.227 e. The van der Waals surface area contributed by atoms with Gasteiger partial charge in [0.1, 0.15) is 0 Å². The number of nitrogens with one attached hydrogen (secondary N) is 2. The van der Waals surface area contributed by atoms with Crippen molar-refractivity contribution in [2.45, 2.75) is 33.2 Å². The molecule has 1 aromatic heterocycles. The molecule has 4 N–H and O–H groups in total. The van der Waals surface area contributed by atoms with Crippen molar-refractivity contribution in [3.05, 3.63) is 29.8 Å². The monoisotopic (exact) mass is 338 g/mol. The Morgan fingerprint density at radius 2 is 1.91 bits per heavy atom. The summed E-state index contributed by atoms with van der Waals surface area (Å²) < 4.78 is 0. The van der Waals surface area contributed by atoms with Crippen LogP contribution in [0.4, 0.5) is 0 Å². The molecule has 2 aromatic rings. The number of hydrogen-bond acceptors (Lipinski definition) is 5. The van der Waals surface area contributed by atoms with Crippen molar-refractivity contribution in [3.63, 3.8) is 0 Å². The molecule has 0 aliphatic rings. The van der Waals surface area contributed by atoms with Crippen molar-refractivity contribution in [1.29, 1.82) is 0 Å². The van der Waals surface area contributed by atoms with Gasteiger partial charge in [0, 0.05) is 18.7 Å². The van der Waals surface area contributed by atoms with Crippen molar-refractivity contribution in [1.82, 2.24) is 25.9 Å². The van der Waals surface area contributed by atoms with E-state index in [0.717, 1.165) is 24.0 Å². The number of amides is 1. The third kappa shape index (κ3) is 4.27. The number of rotatable bonds is 7. The minimum Gasteiger partial charge on any atom is -0.352 e. The molecule has 1 aromatic carbocycles. The highest BCUT2D eigenvalue weighted by Crippen LogP contribution is 2.25. The van der Waals surface area contributed by atoms with Crippen molar-refractivity contribution in [2.24, 2.45) is 11.1 Å². The van der Waals surface area contributed by atoms with Gasteiger partial charge in [0.2, 0.25) is 11.7 Å². The molecule has 0 saturated heterocycles. The molecule has 0 bridgehead atoms. The van der Waals surface area contributed by atoms with Gasteiger partial charge in [-0.05, 0) is 23.6 Å². The zero-order chi connectivity index (χ0) is 16.0. The van der Waals surface area contributed by atoms with Crippen molar-refractivity contribution >= 4 is 18.3 Å². The van der Waals surface area contributed by atoms with Crippen LogP contribution in [0, 0.1) is 5.41 Å². The number of tetrazole rings is 1. The molecule has 1 heterocycles. The molecule has 0 fully saturated rings. The molecule has 0 saturated carbocycles. The van der Waals surface area contributed by atoms with E-state index in [0.29, 0.717) is 18.9 Å². The fraction of sp³-hybridized carbons (Fsp3) is 0.467. The van der Waals surface area contributed by atoms with Gasteiger partial charge >= 0.3 is 0 Å². The SMILES string of the molecule is CCC(CC)(CN)C(=O)NCc1ccc(-c2nn[nH]n2)cc1.Cl. The number of hydrogen-bond donors (Lipinski definition) is 3. The van der Waals surface area contributed by atoms with E-state index in [1.54, 1.807) is 0 Å². The average Bonchev–Trinajstić information content (AvgIpc) is 3.10. The molecule has 7 nitrogen and oxygen atoms in total. The lowest BCUT2D eigenvalue weighted by atomic mass is 9.81. The second-order valence-corrected chi connectivity index (χ2v) is 5.31. The third-order valence-corrected chi connectivity index (χ3v) is 4.24. The highest BCUT2D eigenvalue weighted by atomic mass is 35.5. The number of H-pyrrole nitrogens is 1. The van der Waals surface area contributed by atoms with E-state index < -0.39 is 5.41 Å². The Bertz CT molecular complexity index is 587. The highest BCUT2D eigenvalue weighted by molar-refractivity contribution is 5.85. The first-order valence-corrected chi connectivity index (χ1v) is 7.46. The van der Waals surface area contributed by atoms with Crippen LogP contribution in [0.5, 0.6) is 0 Å². The molecule has 0 radical (unpaired) electrons. The lowest BCUT2D eigenvalue weighted by Gasteiger charge is -2.28. The van der Waals surface area contributed by atoms with E-state index in [1.165, 1.54) is 0 Å². The molecule has 1 amide bonds. The van der Waals surface area contributed by atoms with Gasteiger partial charge in [-0.3, -0.25) is 4.79 Å². The Morgan fingerprint density at radius 3 is 2.39 bits per heavy atom. The predicted molar refractivity (Wildman–Crippen MR) is 90.8 cm³/mol. The minimum absolute atomic E-state index is 0. The van der Waals surface area contributed by atoms with Crippen LogP contribution in [0.1, 0.15) is 32.3 Å². The largest absolute Gasteiger partial charge is 0.352 e. The van der Waals surface area contributed by atoms with Crippen molar-refractivity contribution < 1.29 is 4.79 Å². The first-order chi connectivity index (χ1) is 10.6. The fourth-order valence-electron chi connectivity index (χ4n) is 2.38. The first-order valence-electron chi connectivity index (χ1n) is 7.46. The number of aromatic amines is 1. The van der Waals surface area contributed by atoms with Gasteiger partial charge < -0.3 is 11.1 Å². The summed E-state index contributed by atoms with van der Waals surface area (Å²) in [5.41, 5.74) is 7.21. The van der Waals surface area contributed by atoms with E-state index in [2.05, 4.69) is 25.9 Å². The van der Waals surface area contributed by atoms with Crippen molar-refractivity contribution in [2.75, 3.05) is 6.54 Å². The van der Waals surface area contributed by atoms with Crippen LogP contribution in [-0.2, 0) is 11.3 Å². The molecule has 126 valence electrons. The quantitative estimate of drug-likeness (QED) is 0.711. The lowest BCUT2D eigenvalue weighted by Crippen LogP contribution is -2.45. The first kappa shape index (κ1) is 19.1. The third-order valence-electron chi connectivity index (χ3n) is 4.24. The fourth-order valence-corrected chi connectivity index (χ4v) is 2.38. The number of nitrogens with two attached hydrogens (primary N) is 1. The number of aromatic nitrogens is 4. The van der Waals surface area contributed by atoms with Crippen LogP contribution in [0.3, 0.4) is 0 Å². The molecule has 23 heavy (non-hydrogen) atoms. The smallest absolute Gasteiger partial charge is 0.227 e. The number of nitrogens with zero attached hydrogens (tertiary/aromatic N) is 3. The number of halogens is 1. The molecule has 0 spiro atoms. The second kappa shape index (κ2) is 8.59. The number of carbonyl (C=O) groups excluding carboxylic acids is 1. The Balaban J connectivity index is 0.00000264. The maximum atomic E-state index is 12.4. The summed E-state index contributed by atoms with van der Waals surface area (Å²) in [6.45, 7) is 4.83. The van der Waals surface area contributed by atoms with Crippen LogP contribution in [0.2, 0.25) is 0 Å². The number of benzene rings is 1. The summed E-state index contributed by atoms with van der Waals surface area (Å²) in [6, 6.07) is 7.69. The van der Waals surface area contributed by atoms with Crippen LogP contribution < -0.4 is 11.1 Å². The van der Waals surface area contributed by atoms with Gasteiger partial charge in [0.25, 0.3) is 0 Å². The van der Waals surface area contributed by atoms with Crippen molar-refractivity contribution in [3.8, 4) is 11.4 Å². The van der Waals surface area contributed by atoms with Gasteiger partial charge in [0.05, 0.1) is 5.41 Å². The van der Waals surface area contributed by atoms with Gasteiger partial charge in [0.15, 0.2) is 0 Å². The molecule has 0 atom stereocenters. The van der Waals surface area contributed by atoms with Crippen LogP contribution in [0.15, 0.2) is 24.3 Å². The molecule has 2 rings (SSSR count). The summed E-state index contributed by atoms with van der Waals surface area (Å²) >= 11 is 0. The summed E-state index contributed by atoms with van der Waals surface area (Å²) in [7, 11) is 0. The van der Waals surface area contributed by atoms with Gasteiger partial charge in [-0.1, -0.05) is 38.1 Å². The van der Waals surface area contributed by atoms with Crippen LogP contribution >= 0.6 is 12.4 Å². The summed E-state index contributed by atoms with van der Waals surface area (Å²) in [6.07, 6.45) is 1.48. The Hall–Kier alpha value is -1.99. The molecular formula is C15H23ClN6O. The van der Waals surface area contributed by atoms with Crippen LogP contribution in [-0.4, -0.2) is 33.1 Å². The Kier molecular flexibility index (Phi) is 7.12. The van der Waals surface area contributed by atoms with Gasteiger partial charge in [-0.25, -0.2) is 0 Å². The Labute approximate surface area is 141 Å². The number of carbonyl (C=O) groups is 1. The standard InChI is InChI=1S/C15H22N6O.ClH/c1-3-15(4-2,10-16)14(22)17-9-11-5-7-12(8-6-11)13-18-20-21-19-13;/h5-8H,3-4,9-10,16H2,1-2H3,(H,17,22)(H,18,19,20,21);1H. The zero-order valence-corrected chi connectivity index (χ0v) is 14.2. The maximum absolute atomic E-state index is 12.4. The van der Waals surface area contributed by atoms with Gasteiger partial charge in [-0.2, -0.15) is 5.21 Å². The molecule has 0 aliphatic carbocycles. The lowest BCUT2D eigenvalue weighted by molar-refractivity contribution is -0.131. The van der Waals surface area contributed by atoms with E-state index in [1.807, 2.05) is 38.1 Å². The highest BCUT2D eigenvalue weighted by Gasteiger charge is 2.32. The predicted octanol–water partition coefficient (Wildman–Crippen LogP) is 1.67. The van der Waals surface area contributed by atoms with E-state index in [4.69, 9.17) is 5.73 Å². The van der Waals surface area contributed by atoms with Gasteiger partial charge in [-0.15, -0.1) is 22.6 Å². The normalized spacial score (nSPS) is 10.9. The topological polar surface area (TPSA) is 110 Å². The average molecular weight is 339 g/mol. The van der Waals surface area contributed by atoms with Crippen LogP contribution in [0.25, 0.3) is 11.4 Å². The second-order valence-electron chi connectivity index (χ2n) is 5.31. The van der Waals surface area contributed by atoms with E-state index in [-0.39, 0.29) is 18.3 Å². The summed E-state index contributed by atoms with van der Waals surface area (Å²) in [4.78, 5) is 12.4. The van der Waals surface area contributed by atoms with E-state index in [9.17, 15) is 4.79 Å².